The van der Waals surface area contributed by atoms with Crippen LogP contribution in [0.4, 0.5) is 0 Å². The molecular formula is C24H23ClN6O2S. The highest BCUT2D eigenvalue weighted by molar-refractivity contribution is 8.27. The number of hydrogen-bond acceptors (Lipinski definition) is 5. The van der Waals surface area contributed by atoms with Crippen molar-refractivity contribution in [2.45, 2.75) is 33.1 Å². The Balaban J connectivity index is 1.43. The van der Waals surface area contributed by atoms with Crippen LogP contribution in [-0.2, 0) is 9.59 Å². The molecule has 1 fully saturated rings. The van der Waals surface area contributed by atoms with E-state index >= 15 is 0 Å². The standard InChI is InChI=1S/C24H23ClN6O2S/c1-14-11-16(15(2)30(14)19-8-4-3-7-18(19)25)12-17-22(26)31-24(27-23(17)33)34-20(28-31)13-21(32)29-9-5-6-10-29/h3-4,7-8,11-12,26H,5-6,9-10,13H2,1-2H3/b17-12+,26-22?. The van der Waals surface area contributed by atoms with E-state index in [2.05, 4.69) is 10.1 Å². The molecule has 5 rings (SSSR count). The lowest BCUT2D eigenvalue weighted by Gasteiger charge is -2.20. The number of benzene rings is 1. The number of fused-ring (bicyclic) bond motifs is 1. The Morgan fingerprint density at radius 2 is 1.97 bits per heavy atom. The van der Waals surface area contributed by atoms with Gasteiger partial charge in [-0.25, -0.2) is 0 Å². The van der Waals surface area contributed by atoms with Crippen LogP contribution in [0.3, 0.4) is 0 Å². The second kappa shape index (κ2) is 8.88. The van der Waals surface area contributed by atoms with Gasteiger partial charge in [-0.2, -0.15) is 15.1 Å². The van der Waals surface area contributed by atoms with Crippen LogP contribution in [0.5, 0.6) is 0 Å². The van der Waals surface area contributed by atoms with Gasteiger partial charge in [0.25, 0.3) is 5.91 Å². The molecular weight excluding hydrogens is 472 g/mol. The quantitative estimate of drug-likeness (QED) is 0.638. The number of carbonyl (C=O) groups is 2. The highest BCUT2D eigenvalue weighted by Gasteiger charge is 2.36. The average molecular weight is 495 g/mol. The molecule has 0 bridgehead atoms. The molecule has 1 aromatic heterocycles. The first-order valence-corrected chi connectivity index (χ1v) is 12.2. The molecule has 174 valence electrons. The number of aryl methyl sites for hydroxylation is 1. The Morgan fingerprint density at radius 3 is 2.71 bits per heavy atom. The van der Waals surface area contributed by atoms with E-state index in [0.29, 0.717) is 15.2 Å². The highest BCUT2D eigenvalue weighted by atomic mass is 35.5. The molecule has 2 aromatic rings. The zero-order chi connectivity index (χ0) is 24.0. The molecule has 0 unspecified atom stereocenters. The van der Waals surface area contributed by atoms with E-state index in [1.165, 1.54) is 16.8 Å². The van der Waals surface area contributed by atoms with Crippen molar-refractivity contribution in [3.63, 3.8) is 0 Å². The zero-order valence-electron chi connectivity index (χ0n) is 18.8. The Kier molecular flexibility index (Phi) is 5.91. The summed E-state index contributed by atoms with van der Waals surface area (Å²) in [5, 5.41) is 15.9. The second-order valence-corrected chi connectivity index (χ2v) is 9.84. The van der Waals surface area contributed by atoms with Gasteiger partial charge in [0, 0.05) is 24.5 Å². The zero-order valence-corrected chi connectivity index (χ0v) is 20.4. The van der Waals surface area contributed by atoms with Crippen LogP contribution in [0.25, 0.3) is 11.8 Å². The fourth-order valence-corrected chi connectivity index (χ4v) is 5.50. The molecule has 4 heterocycles. The molecule has 1 aromatic carbocycles. The fraction of sp³-hybridized carbons (Fsp3) is 0.292. The van der Waals surface area contributed by atoms with Crippen molar-refractivity contribution >= 4 is 57.3 Å². The number of aromatic nitrogens is 1. The topological polar surface area (TPSA) is 94.1 Å². The number of carbonyl (C=O) groups excluding carboxylic acids is 2. The molecule has 3 aliphatic heterocycles. The first kappa shape index (κ1) is 22.6. The first-order chi connectivity index (χ1) is 16.3. The largest absolute Gasteiger partial charge is 0.342 e. The number of rotatable bonds is 4. The van der Waals surface area contributed by atoms with Crippen molar-refractivity contribution in [2.24, 2.45) is 10.1 Å². The van der Waals surface area contributed by atoms with Gasteiger partial charge in [-0.3, -0.25) is 15.0 Å². The summed E-state index contributed by atoms with van der Waals surface area (Å²) in [6.45, 7) is 5.46. The highest BCUT2D eigenvalue weighted by Crippen LogP contribution is 2.32. The predicted octanol–water partition coefficient (Wildman–Crippen LogP) is 4.38. The minimum absolute atomic E-state index is 0.0184. The summed E-state index contributed by atoms with van der Waals surface area (Å²) in [7, 11) is 0. The maximum atomic E-state index is 12.8. The van der Waals surface area contributed by atoms with Crippen molar-refractivity contribution in [1.29, 1.82) is 5.41 Å². The monoisotopic (exact) mass is 494 g/mol. The number of thioether (sulfide) groups is 1. The van der Waals surface area contributed by atoms with Crippen molar-refractivity contribution in [3.8, 4) is 5.69 Å². The van der Waals surface area contributed by atoms with E-state index < -0.39 is 5.91 Å². The van der Waals surface area contributed by atoms with E-state index in [0.717, 1.165) is 48.6 Å². The number of aliphatic imine (C=N–C) groups is 1. The smallest absolute Gasteiger partial charge is 0.283 e. The molecule has 1 saturated heterocycles. The number of hydrogen-bond donors (Lipinski definition) is 1. The third kappa shape index (κ3) is 3.99. The molecule has 10 heteroatoms. The van der Waals surface area contributed by atoms with Gasteiger partial charge in [-0.1, -0.05) is 23.7 Å². The molecule has 3 aliphatic rings. The molecule has 0 atom stereocenters. The van der Waals surface area contributed by atoms with E-state index in [-0.39, 0.29) is 23.7 Å². The van der Waals surface area contributed by atoms with E-state index in [1.807, 2.05) is 53.6 Å². The summed E-state index contributed by atoms with van der Waals surface area (Å²) >= 11 is 7.59. The number of nitrogens with one attached hydrogen (secondary N) is 1. The molecule has 8 nitrogen and oxygen atoms in total. The summed E-state index contributed by atoms with van der Waals surface area (Å²) in [6.07, 6.45) is 3.87. The Hall–Kier alpha value is -3.17. The number of amidine groups is 2. The van der Waals surface area contributed by atoms with Crippen LogP contribution >= 0.6 is 23.4 Å². The third-order valence-electron chi connectivity index (χ3n) is 6.12. The maximum absolute atomic E-state index is 12.8. The van der Waals surface area contributed by atoms with Gasteiger partial charge in [0.2, 0.25) is 11.1 Å². The summed E-state index contributed by atoms with van der Waals surface area (Å²) in [4.78, 5) is 31.3. The minimum atomic E-state index is -0.492. The van der Waals surface area contributed by atoms with Gasteiger partial charge >= 0.3 is 0 Å². The average Bonchev–Trinajstić information content (AvgIpc) is 3.52. The Morgan fingerprint density at radius 1 is 1.24 bits per heavy atom. The number of hydrazone groups is 1. The fourth-order valence-electron chi connectivity index (χ4n) is 4.40. The van der Waals surface area contributed by atoms with Gasteiger partial charge in [-0.05, 0) is 68.3 Å². The van der Waals surface area contributed by atoms with Gasteiger partial charge in [0.1, 0.15) is 5.04 Å². The number of nitrogens with zero attached hydrogens (tertiary/aromatic N) is 5. The van der Waals surface area contributed by atoms with Crippen LogP contribution in [-0.4, -0.2) is 55.4 Å². The summed E-state index contributed by atoms with van der Waals surface area (Å²) in [5.41, 5.74) is 3.64. The molecule has 0 radical (unpaired) electrons. The van der Waals surface area contributed by atoms with Crippen LogP contribution in [0.1, 0.15) is 36.2 Å². The van der Waals surface area contributed by atoms with Gasteiger partial charge in [0.05, 0.1) is 22.7 Å². The van der Waals surface area contributed by atoms with Crippen LogP contribution < -0.4 is 0 Å². The van der Waals surface area contributed by atoms with E-state index in [9.17, 15) is 9.59 Å². The van der Waals surface area contributed by atoms with Crippen molar-refractivity contribution in [2.75, 3.05) is 13.1 Å². The Labute approximate surface area is 206 Å². The minimum Gasteiger partial charge on any atom is -0.342 e. The summed E-state index contributed by atoms with van der Waals surface area (Å²) in [5.74, 6) is -0.521. The van der Waals surface area contributed by atoms with Crippen molar-refractivity contribution < 1.29 is 9.59 Å². The molecule has 0 saturated carbocycles. The molecule has 0 spiro atoms. The van der Waals surface area contributed by atoms with Crippen LogP contribution in [0.15, 0.2) is 46.0 Å². The van der Waals surface area contributed by atoms with Crippen molar-refractivity contribution in [1.82, 2.24) is 14.5 Å². The van der Waals surface area contributed by atoms with Crippen molar-refractivity contribution in [3.05, 3.63) is 57.9 Å². The lowest BCUT2D eigenvalue weighted by molar-refractivity contribution is -0.128. The van der Waals surface area contributed by atoms with Crippen LogP contribution in [0.2, 0.25) is 5.02 Å². The normalized spacial score (nSPS) is 19.1. The molecule has 1 N–H and O–H groups in total. The number of halogens is 1. The number of para-hydroxylation sites is 1. The molecule has 0 aliphatic carbocycles. The molecule has 2 amide bonds. The van der Waals surface area contributed by atoms with Gasteiger partial charge < -0.3 is 9.47 Å². The lowest BCUT2D eigenvalue weighted by atomic mass is 10.1. The summed E-state index contributed by atoms with van der Waals surface area (Å²) < 4.78 is 2.02. The van der Waals surface area contributed by atoms with Crippen LogP contribution in [0, 0.1) is 19.3 Å². The predicted molar refractivity (Wildman–Crippen MR) is 136 cm³/mol. The number of likely N-dealkylation sites (tertiary alicyclic amines) is 1. The van der Waals surface area contributed by atoms with E-state index in [1.54, 1.807) is 6.08 Å². The maximum Gasteiger partial charge on any atom is 0.283 e. The first-order valence-electron chi connectivity index (χ1n) is 11.0. The number of amides is 2. The van der Waals surface area contributed by atoms with Gasteiger partial charge in [-0.15, -0.1) is 0 Å². The van der Waals surface area contributed by atoms with E-state index in [4.69, 9.17) is 17.0 Å². The summed E-state index contributed by atoms with van der Waals surface area (Å²) in [6, 6.07) is 9.52. The lowest BCUT2D eigenvalue weighted by Crippen LogP contribution is -2.35. The third-order valence-corrected chi connectivity index (χ3v) is 7.35. The Bertz CT molecular complexity index is 1320. The molecule has 34 heavy (non-hydrogen) atoms. The SMILES string of the molecule is Cc1cc(/C=C2\C(=N)N3N=C(CC(=O)N4CCCC4)SC3=NC2=O)c(C)n1-c1ccccc1Cl. The van der Waals surface area contributed by atoms with Gasteiger partial charge in [0.15, 0.2) is 5.84 Å². The second-order valence-electron chi connectivity index (χ2n) is 8.39.